The van der Waals surface area contributed by atoms with Crippen molar-refractivity contribution in [3.63, 3.8) is 0 Å². The van der Waals surface area contributed by atoms with Crippen molar-refractivity contribution in [2.24, 2.45) is 5.41 Å². The van der Waals surface area contributed by atoms with Crippen LogP contribution in [0.15, 0.2) is 30.3 Å². The van der Waals surface area contributed by atoms with Gasteiger partial charge in [0.05, 0.1) is 23.7 Å². The van der Waals surface area contributed by atoms with Crippen LogP contribution in [0, 0.1) is 5.41 Å². The summed E-state index contributed by atoms with van der Waals surface area (Å²) in [5.74, 6) is 0.223. The number of fused-ring (bicyclic) bond motifs is 2. The van der Waals surface area contributed by atoms with E-state index in [1.165, 1.54) is 5.56 Å². The predicted octanol–water partition coefficient (Wildman–Crippen LogP) is 3.16. The average molecular weight is 273 g/mol. The highest BCUT2D eigenvalue weighted by molar-refractivity contribution is 5.83. The summed E-state index contributed by atoms with van der Waals surface area (Å²) in [5.41, 5.74) is 0.844. The third-order valence-corrected chi connectivity index (χ3v) is 5.14. The molecule has 0 saturated carbocycles. The van der Waals surface area contributed by atoms with Crippen LogP contribution in [-0.4, -0.2) is 30.1 Å². The molecule has 0 radical (unpaired) electrons. The van der Waals surface area contributed by atoms with E-state index in [0.29, 0.717) is 6.10 Å². The fraction of sp³-hybridized carbons (Fsp3) is 0.588. The van der Waals surface area contributed by atoms with Gasteiger partial charge >= 0.3 is 0 Å². The summed E-state index contributed by atoms with van der Waals surface area (Å²) in [4.78, 5) is 14.8. The van der Waals surface area contributed by atoms with Gasteiger partial charge in [0.1, 0.15) is 0 Å². The highest BCUT2D eigenvalue weighted by Gasteiger charge is 2.54. The molecule has 0 aromatic heterocycles. The van der Waals surface area contributed by atoms with Crippen LogP contribution in [0.5, 0.6) is 0 Å². The van der Waals surface area contributed by atoms with E-state index < -0.39 is 0 Å². The zero-order chi connectivity index (χ0) is 14.3. The van der Waals surface area contributed by atoms with E-state index in [9.17, 15) is 4.79 Å². The molecule has 3 heteroatoms. The molecule has 2 saturated heterocycles. The summed E-state index contributed by atoms with van der Waals surface area (Å²) in [6.07, 6.45) is 3.44. The van der Waals surface area contributed by atoms with Crippen LogP contribution in [0.3, 0.4) is 0 Å². The Morgan fingerprint density at radius 1 is 1.35 bits per heavy atom. The van der Waals surface area contributed by atoms with Crippen molar-refractivity contribution in [2.45, 2.75) is 51.4 Å². The Bertz CT molecular complexity index is 501. The Balaban J connectivity index is 1.77. The number of ether oxygens (including phenoxy) is 1. The molecule has 1 amide bonds. The highest BCUT2D eigenvalue weighted by Crippen LogP contribution is 2.48. The molecule has 2 aliphatic rings. The third-order valence-electron chi connectivity index (χ3n) is 5.14. The average Bonchev–Trinajstić information content (AvgIpc) is 3.06. The molecule has 20 heavy (non-hydrogen) atoms. The molecular formula is C17H23NO2. The first-order valence-corrected chi connectivity index (χ1v) is 7.50. The second-order valence-corrected chi connectivity index (χ2v) is 6.45. The van der Waals surface area contributed by atoms with Crippen molar-refractivity contribution < 1.29 is 9.53 Å². The predicted molar refractivity (Wildman–Crippen MR) is 78.2 cm³/mol. The van der Waals surface area contributed by atoms with E-state index in [-0.39, 0.29) is 23.5 Å². The second kappa shape index (κ2) is 4.88. The zero-order valence-corrected chi connectivity index (χ0v) is 12.5. The normalized spacial score (nSPS) is 33.1. The first kappa shape index (κ1) is 13.6. The number of hydrogen-bond acceptors (Lipinski definition) is 2. The Morgan fingerprint density at radius 3 is 2.60 bits per heavy atom. The molecule has 3 nitrogen and oxygen atoms in total. The summed E-state index contributed by atoms with van der Waals surface area (Å²) in [5, 5.41) is 0. The van der Waals surface area contributed by atoms with Gasteiger partial charge in [-0.2, -0.15) is 0 Å². The van der Waals surface area contributed by atoms with Gasteiger partial charge in [-0.1, -0.05) is 30.3 Å². The number of nitrogens with zero attached hydrogens (tertiary/aromatic N) is 1. The van der Waals surface area contributed by atoms with Gasteiger partial charge in [0, 0.05) is 7.05 Å². The van der Waals surface area contributed by atoms with Crippen molar-refractivity contribution >= 4 is 5.91 Å². The molecule has 2 fully saturated rings. The second-order valence-electron chi connectivity index (χ2n) is 6.45. The molecule has 1 aromatic carbocycles. The van der Waals surface area contributed by atoms with Crippen molar-refractivity contribution in [3.05, 3.63) is 35.9 Å². The minimum atomic E-state index is -0.333. The largest absolute Gasteiger partial charge is 0.374 e. The standard InChI is InChI=1S/C17H23NO2/c1-12(13-7-5-4-6-8-13)18(3)16(19)17(2)11-14-9-10-15(17)20-14/h4-8,12,14-15H,9-11H2,1-3H3/t12-,14-,15-,17+/m1/s1. The van der Waals surface area contributed by atoms with Crippen LogP contribution in [0.1, 0.15) is 44.7 Å². The maximum Gasteiger partial charge on any atom is 0.231 e. The Labute approximate surface area is 120 Å². The number of benzene rings is 1. The fourth-order valence-electron chi connectivity index (χ4n) is 3.69. The van der Waals surface area contributed by atoms with Gasteiger partial charge in [0.25, 0.3) is 0 Å². The molecule has 2 bridgehead atoms. The van der Waals surface area contributed by atoms with Gasteiger partial charge in [-0.3, -0.25) is 4.79 Å². The van der Waals surface area contributed by atoms with Crippen LogP contribution in [0.4, 0.5) is 0 Å². The van der Waals surface area contributed by atoms with E-state index in [1.807, 2.05) is 30.1 Å². The molecule has 0 aliphatic carbocycles. The lowest BCUT2D eigenvalue weighted by molar-refractivity contribution is -0.144. The van der Waals surface area contributed by atoms with Crippen molar-refractivity contribution in [3.8, 4) is 0 Å². The lowest BCUT2D eigenvalue weighted by Gasteiger charge is -2.36. The summed E-state index contributed by atoms with van der Waals surface area (Å²) in [7, 11) is 1.91. The molecule has 108 valence electrons. The molecule has 0 unspecified atom stereocenters. The van der Waals surface area contributed by atoms with Gasteiger partial charge in [0.2, 0.25) is 5.91 Å². The smallest absolute Gasteiger partial charge is 0.231 e. The number of rotatable bonds is 3. The molecule has 3 rings (SSSR count). The Kier molecular flexibility index (Phi) is 3.33. The fourth-order valence-corrected chi connectivity index (χ4v) is 3.69. The van der Waals surface area contributed by atoms with Gasteiger partial charge in [-0.25, -0.2) is 0 Å². The topological polar surface area (TPSA) is 29.5 Å². The van der Waals surface area contributed by atoms with Gasteiger partial charge in [0.15, 0.2) is 0 Å². The van der Waals surface area contributed by atoms with Gasteiger partial charge in [-0.15, -0.1) is 0 Å². The molecule has 4 atom stereocenters. The molecule has 2 aliphatic heterocycles. The molecule has 1 aromatic rings. The van der Waals surface area contributed by atoms with Crippen molar-refractivity contribution in [1.82, 2.24) is 4.90 Å². The Hall–Kier alpha value is -1.35. The van der Waals surface area contributed by atoms with E-state index in [0.717, 1.165) is 19.3 Å². The summed E-state index contributed by atoms with van der Waals surface area (Å²) < 4.78 is 5.90. The molecular weight excluding hydrogens is 250 g/mol. The lowest BCUT2D eigenvalue weighted by atomic mass is 9.74. The van der Waals surface area contributed by atoms with E-state index in [1.54, 1.807) is 0 Å². The molecule has 0 spiro atoms. The number of hydrogen-bond donors (Lipinski definition) is 0. The lowest BCUT2D eigenvalue weighted by Crippen LogP contribution is -2.46. The van der Waals surface area contributed by atoms with Crippen LogP contribution in [0.25, 0.3) is 0 Å². The van der Waals surface area contributed by atoms with Crippen molar-refractivity contribution in [1.29, 1.82) is 0 Å². The summed E-state index contributed by atoms with van der Waals surface area (Å²) in [6, 6.07) is 10.3. The number of carbonyl (C=O) groups is 1. The first-order chi connectivity index (χ1) is 9.52. The van der Waals surface area contributed by atoms with E-state index >= 15 is 0 Å². The minimum absolute atomic E-state index is 0.0969. The van der Waals surface area contributed by atoms with E-state index in [4.69, 9.17) is 4.74 Å². The summed E-state index contributed by atoms with van der Waals surface area (Å²) in [6.45, 7) is 4.16. The van der Waals surface area contributed by atoms with Crippen LogP contribution >= 0.6 is 0 Å². The number of amides is 1. The van der Waals surface area contributed by atoms with Crippen LogP contribution in [-0.2, 0) is 9.53 Å². The minimum Gasteiger partial charge on any atom is -0.374 e. The summed E-state index contributed by atoms with van der Waals surface area (Å²) >= 11 is 0. The van der Waals surface area contributed by atoms with Crippen LogP contribution < -0.4 is 0 Å². The Morgan fingerprint density at radius 2 is 2.05 bits per heavy atom. The highest BCUT2D eigenvalue weighted by atomic mass is 16.5. The van der Waals surface area contributed by atoms with Gasteiger partial charge < -0.3 is 9.64 Å². The molecule has 0 N–H and O–H groups in total. The SMILES string of the molecule is C[C@H](c1ccccc1)N(C)C(=O)[C@@]1(C)C[C@H]2CC[C@H]1O2. The van der Waals surface area contributed by atoms with Gasteiger partial charge in [-0.05, 0) is 38.7 Å². The van der Waals surface area contributed by atoms with Crippen LogP contribution in [0.2, 0.25) is 0 Å². The maximum atomic E-state index is 12.9. The maximum absolute atomic E-state index is 12.9. The van der Waals surface area contributed by atoms with Crippen molar-refractivity contribution in [2.75, 3.05) is 7.05 Å². The quantitative estimate of drug-likeness (QED) is 0.846. The number of carbonyl (C=O) groups excluding carboxylic acids is 1. The van der Waals surface area contributed by atoms with E-state index in [2.05, 4.69) is 26.0 Å². The molecule has 2 heterocycles. The zero-order valence-electron chi connectivity index (χ0n) is 12.5. The third kappa shape index (κ3) is 2.05. The first-order valence-electron chi connectivity index (χ1n) is 7.50. The monoisotopic (exact) mass is 273 g/mol.